The molecular formula is C16H23N3OS. The Morgan fingerprint density at radius 2 is 2.24 bits per heavy atom. The summed E-state index contributed by atoms with van der Waals surface area (Å²) in [4.78, 5) is 14.7. The highest BCUT2D eigenvalue weighted by atomic mass is 32.1. The van der Waals surface area contributed by atoms with Crippen molar-refractivity contribution in [3.8, 4) is 0 Å². The molecule has 0 spiro atoms. The second-order valence-corrected chi connectivity index (χ2v) is 6.08. The quantitative estimate of drug-likeness (QED) is 0.792. The molecule has 1 aliphatic heterocycles. The molecule has 1 aliphatic rings. The molecule has 4 nitrogen and oxygen atoms in total. The number of nitrogens with two attached hydrogens (primary N) is 1. The zero-order chi connectivity index (χ0) is 15.2. The van der Waals surface area contributed by atoms with Crippen LogP contribution in [0, 0.1) is 5.92 Å². The number of rotatable bonds is 6. The van der Waals surface area contributed by atoms with Gasteiger partial charge in [-0.25, -0.2) is 0 Å². The predicted octanol–water partition coefficient (Wildman–Crippen LogP) is 2.38. The van der Waals surface area contributed by atoms with Gasteiger partial charge in [-0.15, -0.1) is 0 Å². The number of thiocarbonyl (C=S) groups is 1. The lowest BCUT2D eigenvalue weighted by atomic mass is 10.0. The Bertz CT molecular complexity index is 518. The van der Waals surface area contributed by atoms with Crippen molar-refractivity contribution in [2.45, 2.75) is 26.2 Å². The molecule has 2 rings (SSSR count). The Kier molecular flexibility index (Phi) is 5.70. The number of carbonyl (C=O) groups excluding carboxylic acids is 1. The van der Waals surface area contributed by atoms with Crippen LogP contribution in [0.1, 0.15) is 31.7 Å². The number of amides is 1. The maximum atomic E-state index is 12.2. The number of carbonyl (C=O) groups is 1. The third-order valence-corrected chi connectivity index (χ3v) is 4.12. The second kappa shape index (κ2) is 7.52. The van der Waals surface area contributed by atoms with Crippen molar-refractivity contribution in [1.29, 1.82) is 0 Å². The van der Waals surface area contributed by atoms with E-state index in [9.17, 15) is 4.79 Å². The molecule has 1 unspecified atom stereocenters. The Morgan fingerprint density at radius 1 is 1.48 bits per heavy atom. The summed E-state index contributed by atoms with van der Waals surface area (Å²) in [5.74, 6) is 0.738. The fourth-order valence-electron chi connectivity index (χ4n) is 2.90. The largest absolute Gasteiger partial charge is 0.389 e. The minimum atomic E-state index is -0.00384. The van der Waals surface area contributed by atoms with Crippen LogP contribution in [0.25, 0.3) is 0 Å². The molecule has 21 heavy (non-hydrogen) atoms. The molecule has 114 valence electrons. The van der Waals surface area contributed by atoms with Crippen molar-refractivity contribution in [2.24, 2.45) is 11.7 Å². The summed E-state index contributed by atoms with van der Waals surface area (Å²) >= 11 is 5.01. The molecule has 3 N–H and O–H groups in total. The fraction of sp³-hybridized carbons (Fsp3) is 0.500. The SMILES string of the molecule is CCCC1CCN(CC(=O)Nc2ccccc2C(N)=S)C1. The molecule has 5 heteroatoms. The number of nitrogens with one attached hydrogen (secondary N) is 1. The van der Waals surface area contributed by atoms with Gasteiger partial charge in [-0.05, 0) is 37.4 Å². The Morgan fingerprint density at radius 3 is 2.95 bits per heavy atom. The van der Waals surface area contributed by atoms with Gasteiger partial charge in [-0.1, -0.05) is 37.7 Å². The van der Waals surface area contributed by atoms with Crippen LogP contribution >= 0.6 is 12.2 Å². The van der Waals surface area contributed by atoms with Gasteiger partial charge >= 0.3 is 0 Å². The monoisotopic (exact) mass is 305 g/mol. The van der Waals surface area contributed by atoms with Crippen LogP contribution in [0.15, 0.2) is 24.3 Å². The van der Waals surface area contributed by atoms with Crippen LogP contribution in [-0.2, 0) is 4.79 Å². The average Bonchev–Trinajstić information content (AvgIpc) is 2.86. The van der Waals surface area contributed by atoms with Crippen LogP contribution in [0.4, 0.5) is 5.69 Å². The lowest BCUT2D eigenvalue weighted by Crippen LogP contribution is -2.32. The van der Waals surface area contributed by atoms with Gasteiger partial charge in [0.05, 0.1) is 12.2 Å². The lowest BCUT2D eigenvalue weighted by Gasteiger charge is -2.16. The zero-order valence-electron chi connectivity index (χ0n) is 12.5. The molecule has 1 amide bonds. The van der Waals surface area contributed by atoms with Gasteiger partial charge in [0.2, 0.25) is 5.91 Å². The van der Waals surface area contributed by atoms with Gasteiger partial charge in [-0.2, -0.15) is 0 Å². The van der Waals surface area contributed by atoms with Crippen LogP contribution in [0.2, 0.25) is 0 Å². The van der Waals surface area contributed by atoms with Crippen molar-refractivity contribution in [2.75, 3.05) is 25.0 Å². The lowest BCUT2D eigenvalue weighted by molar-refractivity contribution is -0.117. The summed E-state index contributed by atoms with van der Waals surface area (Å²) in [7, 11) is 0. The van der Waals surface area contributed by atoms with Gasteiger partial charge in [-0.3, -0.25) is 9.69 Å². The topological polar surface area (TPSA) is 58.4 Å². The maximum Gasteiger partial charge on any atom is 0.238 e. The summed E-state index contributed by atoms with van der Waals surface area (Å²) in [5.41, 5.74) is 7.08. The van der Waals surface area contributed by atoms with E-state index < -0.39 is 0 Å². The highest BCUT2D eigenvalue weighted by molar-refractivity contribution is 7.80. The molecule has 0 bridgehead atoms. The smallest absolute Gasteiger partial charge is 0.238 e. The maximum absolute atomic E-state index is 12.2. The zero-order valence-corrected chi connectivity index (χ0v) is 13.3. The number of para-hydroxylation sites is 1. The van der Waals surface area contributed by atoms with E-state index in [0.717, 1.165) is 19.0 Å². The van der Waals surface area contributed by atoms with Gasteiger partial charge in [0.1, 0.15) is 4.99 Å². The summed E-state index contributed by atoms with van der Waals surface area (Å²) in [5, 5.41) is 2.92. The molecule has 1 saturated heterocycles. The first-order valence-electron chi connectivity index (χ1n) is 7.51. The van der Waals surface area contributed by atoms with Crippen LogP contribution in [-0.4, -0.2) is 35.4 Å². The highest BCUT2D eigenvalue weighted by Gasteiger charge is 2.23. The fourth-order valence-corrected chi connectivity index (χ4v) is 3.08. The van der Waals surface area contributed by atoms with Crippen molar-refractivity contribution >= 4 is 28.8 Å². The molecule has 0 aromatic heterocycles. The molecule has 0 radical (unpaired) electrons. The number of anilines is 1. The minimum Gasteiger partial charge on any atom is -0.389 e. The summed E-state index contributed by atoms with van der Waals surface area (Å²) in [6, 6.07) is 7.38. The summed E-state index contributed by atoms with van der Waals surface area (Å²) in [6.45, 7) is 4.68. The van der Waals surface area contributed by atoms with E-state index in [2.05, 4.69) is 17.1 Å². The predicted molar refractivity (Wildman–Crippen MR) is 90.4 cm³/mol. The van der Waals surface area contributed by atoms with Crippen molar-refractivity contribution in [3.05, 3.63) is 29.8 Å². The number of benzene rings is 1. The van der Waals surface area contributed by atoms with E-state index in [0.29, 0.717) is 22.8 Å². The molecular weight excluding hydrogens is 282 g/mol. The van der Waals surface area contributed by atoms with E-state index in [1.165, 1.54) is 19.3 Å². The standard InChI is InChI=1S/C16H23N3OS/c1-2-5-12-8-9-19(10-12)11-15(20)18-14-7-4-3-6-13(14)16(17)21/h3-4,6-7,12H,2,5,8-11H2,1H3,(H2,17,21)(H,18,20). The molecule has 1 fully saturated rings. The van der Waals surface area contributed by atoms with E-state index in [1.54, 1.807) is 0 Å². The Labute approximate surface area is 131 Å². The summed E-state index contributed by atoms with van der Waals surface area (Å²) in [6.07, 6.45) is 3.67. The number of hydrogen-bond donors (Lipinski definition) is 2. The second-order valence-electron chi connectivity index (χ2n) is 5.64. The highest BCUT2D eigenvalue weighted by Crippen LogP contribution is 2.21. The van der Waals surface area contributed by atoms with Crippen LogP contribution in [0.3, 0.4) is 0 Å². The third-order valence-electron chi connectivity index (χ3n) is 3.90. The van der Waals surface area contributed by atoms with Crippen molar-refractivity contribution in [3.63, 3.8) is 0 Å². The normalized spacial score (nSPS) is 18.6. The number of likely N-dealkylation sites (tertiary alicyclic amines) is 1. The van der Waals surface area contributed by atoms with Crippen LogP contribution in [0.5, 0.6) is 0 Å². The first-order valence-corrected chi connectivity index (χ1v) is 7.92. The van der Waals surface area contributed by atoms with E-state index in [4.69, 9.17) is 18.0 Å². The molecule has 1 atom stereocenters. The first-order chi connectivity index (χ1) is 10.1. The summed E-state index contributed by atoms with van der Waals surface area (Å²) < 4.78 is 0. The minimum absolute atomic E-state index is 0.00384. The molecule has 0 saturated carbocycles. The van der Waals surface area contributed by atoms with Gasteiger partial charge in [0, 0.05) is 12.1 Å². The van der Waals surface area contributed by atoms with Crippen molar-refractivity contribution < 1.29 is 4.79 Å². The Hall–Kier alpha value is -1.46. The van der Waals surface area contributed by atoms with Gasteiger partial charge < -0.3 is 11.1 Å². The van der Waals surface area contributed by atoms with Crippen molar-refractivity contribution in [1.82, 2.24) is 4.90 Å². The first kappa shape index (κ1) is 15.9. The molecule has 1 aromatic carbocycles. The van der Waals surface area contributed by atoms with E-state index in [-0.39, 0.29) is 5.91 Å². The number of nitrogens with zero attached hydrogens (tertiary/aromatic N) is 1. The van der Waals surface area contributed by atoms with E-state index >= 15 is 0 Å². The van der Waals surface area contributed by atoms with Crippen LogP contribution < -0.4 is 11.1 Å². The molecule has 1 aromatic rings. The van der Waals surface area contributed by atoms with Gasteiger partial charge in [0.15, 0.2) is 0 Å². The number of hydrogen-bond acceptors (Lipinski definition) is 3. The average molecular weight is 305 g/mol. The third kappa shape index (κ3) is 4.51. The van der Waals surface area contributed by atoms with E-state index in [1.807, 2.05) is 24.3 Å². The molecule has 1 heterocycles. The Balaban J connectivity index is 1.90. The molecule has 0 aliphatic carbocycles. The van der Waals surface area contributed by atoms with Gasteiger partial charge in [0.25, 0.3) is 0 Å².